The molecule has 1 aromatic rings. The smallest absolute Gasteiger partial charge is 0.126 e. The minimum absolute atomic E-state index is 0.0309. The van der Waals surface area contributed by atoms with Crippen LogP contribution in [0, 0.1) is 5.92 Å². The highest BCUT2D eigenvalue weighted by molar-refractivity contribution is 5.53. The summed E-state index contributed by atoms with van der Waals surface area (Å²) in [6.45, 7) is 7.58. The highest BCUT2D eigenvalue weighted by Gasteiger charge is 2.36. The summed E-state index contributed by atoms with van der Waals surface area (Å²) in [5.41, 5.74) is 3.23. The number of benzene rings is 1. The van der Waals surface area contributed by atoms with Crippen molar-refractivity contribution in [3.63, 3.8) is 0 Å². The highest BCUT2D eigenvalue weighted by atomic mass is 16.5. The Balaban J connectivity index is 1.83. The van der Waals surface area contributed by atoms with Crippen LogP contribution in [-0.4, -0.2) is 23.4 Å². The van der Waals surface area contributed by atoms with E-state index in [1.807, 2.05) is 6.07 Å². The van der Waals surface area contributed by atoms with Gasteiger partial charge >= 0.3 is 0 Å². The van der Waals surface area contributed by atoms with E-state index in [1.165, 1.54) is 25.7 Å². The number of aromatic hydroxyl groups is 1. The number of rotatable bonds is 7. The highest BCUT2D eigenvalue weighted by Crippen LogP contribution is 2.50. The summed E-state index contributed by atoms with van der Waals surface area (Å²) >= 11 is 0. The topological polar surface area (TPSA) is 49.7 Å². The summed E-state index contributed by atoms with van der Waals surface area (Å²) in [6.07, 6.45) is 10.0. The molecule has 26 heavy (non-hydrogen) atoms. The van der Waals surface area contributed by atoms with Crippen molar-refractivity contribution in [2.24, 2.45) is 5.92 Å². The molecule has 3 rings (SSSR count). The molecular formula is C23H34O3. The van der Waals surface area contributed by atoms with Crippen LogP contribution in [0.5, 0.6) is 11.5 Å². The number of phenols is 1. The standard InChI is InChI=1S/C23H34O3/c1-4-5-6-7-10-23(2,3)18-12-20(25)22-19-11-16(14-24)8-9-17(19)15-26-21(22)13-18/h8,12-13,17,19,24-25H,4-7,9-11,14-15H2,1-3H3/t17-,19+/m0/s1. The van der Waals surface area contributed by atoms with E-state index in [-0.39, 0.29) is 17.9 Å². The fourth-order valence-electron chi connectivity index (χ4n) is 4.50. The molecule has 0 amide bonds. The first-order valence-corrected chi connectivity index (χ1v) is 10.2. The SMILES string of the molecule is CCCCCCC(C)(C)c1cc(O)c2c(c1)OC[C@@H]1CC=C(CO)C[C@@H]21. The van der Waals surface area contributed by atoms with Crippen LogP contribution in [-0.2, 0) is 5.41 Å². The van der Waals surface area contributed by atoms with E-state index in [9.17, 15) is 10.2 Å². The number of aliphatic hydroxyl groups is 1. The van der Waals surface area contributed by atoms with Gasteiger partial charge < -0.3 is 14.9 Å². The van der Waals surface area contributed by atoms with Gasteiger partial charge in [-0.15, -0.1) is 0 Å². The van der Waals surface area contributed by atoms with Gasteiger partial charge in [-0.1, -0.05) is 52.5 Å². The van der Waals surface area contributed by atoms with Gasteiger partial charge in [0.05, 0.1) is 13.2 Å². The van der Waals surface area contributed by atoms with Gasteiger partial charge in [0.25, 0.3) is 0 Å². The van der Waals surface area contributed by atoms with Crippen molar-refractivity contribution >= 4 is 0 Å². The van der Waals surface area contributed by atoms with E-state index in [0.717, 1.165) is 41.7 Å². The van der Waals surface area contributed by atoms with Crippen molar-refractivity contribution in [3.05, 3.63) is 34.9 Å². The summed E-state index contributed by atoms with van der Waals surface area (Å²) < 4.78 is 6.07. The van der Waals surface area contributed by atoms with E-state index in [0.29, 0.717) is 18.3 Å². The minimum atomic E-state index is 0.0309. The fraction of sp³-hybridized carbons (Fsp3) is 0.652. The first-order valence-electron chi connectivity index (χ1n) is 10.2. The molecule has 0 saturated heterocycles. The van der Waals surface area contributed by atoms with Crippen LogP contribution < -0.4 is 4.74 Å². The molecule has 3 heteroatoms. The van der Waals surface area contributed by atoms with Crippen LogP contribution in [0.4, 0.5) is 0 Å². The number of aliphatic hydroxyl groups excluding tert-OH is 1. The van der Waals surface area contributed by atoms with Crippen LogP contribution in [0.15, 0.2) is 23.8 Å². The lowest BCUT2D eigenvalue weighted by molar-refractivity contribution is 0.179. The predicted molar refractivity (Wildman–Crippen MR) is 106 cm³/mol. The van der Waals surface area contributed by atoms with Crippen molar-refractivity contribution in [3.8, 4) is 11.5 Å². The largest absolute Gasteiger partial charge is 0.508 e. The lowest BCUT2D eigenvalue weighted by Gasteiger charge is -2.38. The van der Waals surface area contributed by atoms with Crippen LogP contribution in [0.1, 0.15) is 82.8 Å². The Bertz CT molecular complexity index is 660. The van der Waals surface area contributed by atoms with Crippen LogP contribution >= 0.6 is 0 Å². The van der Waals surface area contributed by atoms with Crippen molar-refractivity contribution in [2.45, 2.75) is 77.0 Å². The normalized spacial score (nSPS) is 22.2. The van der Waals surface area contributed by atoms with Gasteiger partial charge in [-0.2, -0.15) is 0 Å². The van der Waals surface area contributed by atoms with Crippen molar-refractivity contribution < 1.29 is 14.9 Å². The lowest BCUT2D eigenvalue weighted by atomic mass is 9.72. The number of ether oxygens (including phenoxy) is 1. The Labute approximate surface area is 158 Å². The van der Waals surface area contributed by atoms with Gasteiger partial charge in [-0.3, -0.25) is 0 Å². The Hall–Kier alpha value is -1.48. The molecule has 0 aromatic heterocycles. The molecule has 1 aromatic carbocycles. The van der Waals surface area contributed by atoms with Crippen LogP contribution in [0.2, 0.25) is 0 Å². The molecule has 2 N–H and O–H groups in total. The minimum Gasteiger partial charge on any atom is -0.508 e. The monoisotopic (exact) mass is 358 g/mol. The summed E-state index contributed by atoms with van der Waals surface area (Å²) in [4.78, 5) is 0. The molecule has 1 aliphatic carbocycles. The molecular weight excluding hydrogens is 324 g/mol. The molecule has 3 nitrogen and oxygen atoms in total. The van der Waals surface area contributed by atoms with Gasteiger partial charge in [0.2, 0.25) is 0 Å². The summed E-state index contributed by atoms with van der Waals surface area (Å²) in [5, 5.41) is 20.4. The first kappa shape index (κ1) is 19.3. The molecule has 1 aliphatic heterocycles. The quantitative estimate of drug-likeness (QED) is 0.504. The molecule has 2 atom stereocenters. The number of allylic oxidation sites excluding steroid dienone is 1. The Morgan fingerprint density at radius 3 is 2.73 bits per heavy atom. The fourth-order valence-corrected chi connectivity index (χ4v) is 4.50. The molecule has 0 saturated carbocycles. The van der Waals surface area contributed by atoms with Crippen molar-refractivity contribution in [2.75, 3.05) is 13.2 Å². The molecule has 0 radical (unpaired) electrons. The molecule has 2 aliphatic rings. The van der Waals surface area contributed by atoms with E-state index >= 15 is 0 Å². The first-order chi connectivity index (χ1) is 12.5. The zero-order valence-corrected chi connectivity index (χ0v) is 16.6. The van der Waals surface area contributed by atoms with Crippen LogP contribution in [0.25, 0.3) is 0 Å². The third kappa shape index (κ3) is 3.93. The zero-order valence-electron chi connectivity index (χ0n) is 16.6. The third-order valence-corrected chi connectivity index (χ3v) is 6.34. The number of fused-ring (bicyclic) bond motifs is 3. The predicted octanol–water partition coefficient (Wildman–Crippen LogP) is 5.44. The van der Waals surface area contributed by atoms with E-state index in [2.05, 4.69) is 32.9 Å². The van der Waals surface area contributed by atoms with Crippen molar-refractivity contribution in [1.82, 2.24) is 0 Å². The molecule has 1 heterocycles. The number of hydrogen-bond acceptors (Lipinski definition) is 3. The molecule has 0 bridgehead atoms. The Kier molecular flexibility index (Phi) is 5.96. The van der Waals surface area contributed by atoms with Gasteiger partial charge in [0.1, 0.15) is 11.5 Å². The van der Waals surface area contributed by atoms with Crippen molar-refractivity contribution in [1.29, 1.82) is 0 Å². The molecule has 0 unspecified atom stereocenters. The Morgan fingerprint density at radius 2 is 2.00 bits per heavy atom. The maximum atomic E-state index is 10.8. The maximum absolute atomic E-state index is 10.8. The second-order valence-electron chi connectivity index (χ2n) is 8.74. The average Bonchev–Trinajstić information content (AvgIpc) is 2.64. The lowest BCUT2D eigenvalue weighted by Crippen LogP contribution is -2.29. The second kappa shape index (κ2) is 8.04. The summed E-state index contributed by atoms with van der Waals surface area (Å²) in [7, 11) is 0. The van der Waals surface area contributed by atoms with E-state index in [1.54, 1.807) is 0 Å². The Morgan fingerprint density at radius 1 is 1.19 bits per heavy atom. The number of unbranched alkanes of at least 4 members (excludes halogenated alkanes) is 3. The van der Waals surface area contributed by atoms with E-state index < -0.39 is 0 Å². The van der Waals surface area contributed by atoms with Gasteiger partial charge in [-0.25, -0.2) is 0 Å². The van der Waals surface area contributed by atoms with Gasteiger partial charge in [0.15, 0.2) is 0 Å². The number of phenolic OH excluding ortho intramolecular Hbond substituents is 1. The third-order valence-electron chi connectivity index (χ3n) is 6.34. The maximum Gasteiger partial charge on any atom is 0.126 e. The van der Waals surface area contributed by atoms with Crippen LogP contribution in [0.3, 0.4) is 0 Å². The molecule has 0 fully saturated rings. The second-order valence-corrected chi connectivity index (χ2v) is 8.74. The van der Waals surface area contributed by atoms with E-state index in [4.69, 9.17) is 4.74 Å². The zero-order chi connectivity index (χ0) is 18.7. The average molecular weight is 359 g/mol. The van der Waals surface area contributed by atoms with Gasteiger partial charge in [-0.05, 0) is 47.9 Å². The molecule has 144 valence electrons. The number of hydrogen-bond donors (Lipinski definition) is 2. The molecule has 0 spiro atoms. The summed E-state index contributed by atoms with van der Waals surface area (Å²) in [5.74, 6) is 1.87. The summed E-state index contributed by atoms with van der Waals surface area (Å²) in [6, 6.07) is 4.11. The van der Waals surface area contributed by atoms with Gasteiger partial charge in [0, 0.05) is 17.4 Å².